The summed E-state index contributed by atoms with van der Waals surface area (Å²) in [6, 6.07) is 0. The number of aryl methyl sites for hydroxylation is 2. The van der Waals surface area contributed by atoms with Gasteiger partial charge in [-0.25, -0.2) is 4.98 Å². The van der Waals surface area contributed by atoms with Gasteiger partial charge >= 0.3 is 0 Å². The van der Waals surface area contributed by atoms with Crippen LogP contribution in [-0.4, -0.2) is 33.9 Å². The van der Waals surface area contributed by atoms with Crippen molar-refractivity contribution in [1.82, 2.24) is 14.9 Å². The van der Waals surface area contributed by atoms with Crippen molar-refractivity contribution < 1.29 is 4.79 Å². The number of H-pyrrole nitrogens is 1. The quantitative estimate of drug-likeness (QED) is 0.818. The first kappa shape index (κ1) is 12.8. The smallest absolute Gasteiger partial charge is 0.264 e. The van der Waals surface area contributed by atoms with E-state index in [1.165, 1.54) is 0 Å². The van der Waals surface area contributed by atoms with Crippen LogP contribution in [0.15, 0.2) is 4.79 Å². The van der Waals surface area contributed by atoms with E-state index in [-0.39, 0.29) is 17.0 Å². The minimum atomic E-state index is -0.325. The summed E-state index contributed by atoms with van der Waals surface area (Å²) in [5.74, 6) is 0.369. The number of aromatic nitrogens is 2. The number of nitrogens with zero attached hydrogens (tertiary/aromatic N) is 2. The van der Waals surface area contributed by atoms with Gasteiger partial charge in [-0.1, -0.05) is 12.8 Å². The molecule has 1 amide bonds. The minimum Gasteiger partial charge on any atom is -0.338 e. The van der Waals surface area contributed by atoms with E-state index in [1.807, 2.05) is 0 Å². The van der Waals surface area contributed by atoms with Gasteiger partial charge in [0.25, 0.3) is 11.5 Å². The highest BCUT2D eigenvalue weighted by molar-refractivity contribution is 5.94. The van der Waals surface area contributed by atoms with Gasteiger partial charge < -0.3 is 9.88 Å². The van der Waals surface area contributed by atoms with Gasteiger partial charge in [0.05, 0.1) is 5.69 Å². The fourth-order valence-electron chi connectivity index (χ4n) is 2.41. The molecule has 1 aliphatic heterocycles. The summed E-state index contributed by atoms with van der Waals surface area (Å²) < 4.78 is 0. The van der Waals surface area contributed by atoms with Crippen LogP contribution in [0.25, 0.3) is 0 Å². The van der Waals surface area contributed by atoms with Crippen LogP contribution in [-0.2, 0) is 0 Å². The van der Waals surface area contributed by atoms with Crippen LogP contribution in [0.2, 0.25) is 0 Å². The van der Waals surface area contributed by atoms with Crippen molar-refractivity contribution in [3.8, 4) is 0 Å². The first-order valence-electron chi connectivity index (χ1n) is 6.46. The molecule has 1 aromatic rings. The van der Waals surface area contributed by atoms with E-state index in [9.17, 15) is 9.59 Å². The van der Waals surface area contributed by atoms with Crippen LogP contribution in [0.5, 0.6) is 0 Å². The van der Waals surface area contributed by atoms with Crippen molar-refractivity contribution in [3.63, 3.8) is 0 Å². The van der Waals surface area contributed by atoms with Crippen LogP contribution in [0.4, 0.5) is 0 Å². The highest BCUT2D eigenvalue weighted by Crippen LogP contribution is 2.12. The molecule has 1 N–H and O–H groups in total. The second kappa shape index (κ2) is 5.33. The molecule has 0 aromatic carbocycles. The molecule has 1 aromatic heterocycles. The maximum absolute atomic E-state index is 12.4. The van der Waals surface area contributed by atoms with Crippen molar-refractivity contribution in [2.45, 2.75) is 39.5 Å². The van der Waals surface area contributed by atoms with Gasteiger partial charge in [0, 0.05) is 13.1 Å². The van der Waals surface area contributed by atoms with Crippen molar-refractivity contribution in [2.24, 2.45) is 0 Å². The molecule has 0 atom stereocenters. The Morgan fingerprint density at radius 1 is 1.17 bits per heavy atom. The standard InChI is InChI=1S/C13H19N3O2/c1-9-11(12(17)15-10(2)14-9)13(18)16-7-5-3-4-6-8-16/h3-8H2,1-2H3,(H,14,15,17). The first-order chi connectivity index (χ1) is 8.59. The van der Waals surface area contributed by atoms with Crippen LogP contribution in [0.1, 0.15) is 47.6 Å². The van der Waals surface area contributed by atoms with Gasteiger partial charge in [-0.05, 0) is 26.7 Å². The minimum absolute atomic E-state index is 0.178. The highest BCUT2D eigenvalue weighted by Gasteiger charge is 2.22. The Bertz CT molecular complexity index is 499. The molecule has 0 bridgehead atoms. The monoisotopic (exact) mass is 249 g/mol. The normalized spacial score (nSPS) is 16.4. The molecule has 0 radical (unpaired) electrons. The fraction of sp³-hybridized carbons (Fsp3) is 0.615. The number of likely N-dealkylation sites (tertiary alicyclic amines) is 1. The molecular formula is C13H19N3O2. The lowest BCUT2D eigenvalue weighted by Gasteiger charge is -2.20. The number of carbonyl (C=O) groups excluding carboxylic acids is 1. The van der Waals surface area contributed by atoms with Crippen molar-refractivity contribution in [2.75, 3.05) is 13.1 Å². The third-order valence-electron chi connectivity index (χ3n) is 3.33. The molecule has 5 nitrogen and oxygen atoms in total. The summed E-state index contributed by atoms with van der Waals surface area (Å²) >= 11 is 0. The Hall–Kier alpha value is -1.65. The molecule has 1 fully saturated rings. The second-order valence-corrected chi connectivity index (χ2v) is 4.82. The zero-order valence-electron chi connectivity index (χ0n) is 11.0. The Balaban J connectivity index is 2.30. The third-order valence-corrected chi connectivity index (χ3v) is 3.33. The maximum atomic E-state index is 12.4. The number of hydrogen-bond donors (Lipinski definition) is 1. The first-order valence-corrected chi connectivity index (χ1v) is 6.46. The fourth-order valence-corrected chi connectivity index (χ4v) is 2.41. The van der Waals surface area contributed by atoms with Gasteiger partial charge in [-0.15, -0.1) is 0 Å². The van der Waals surface area contributed by atoms with Gasteiger partial charge in [0.2, 0.25) is 0 Å². The Morgan fingerprint density at radius 2 is 1.78 bits per heavy atom. The van der Waals surface area contributed by atoms with Crippen LogP contribution in [0.3, 0.4) is 0 Å². The van der Waals surface area contributed by atoms with Gasteiger partial charge in [-0.3, -0.25) is 9.59 Å². The third kappa shape index (κ3) is 2.60. The van der Waals surface area contributed by atoms with Gasteiger partial charge in [0.1, 0.15) is 11.4 Å². The van der Waals surface area contributed by atoms with Crippen molar-refractivity contribution >= 4 is 5.91 Å². The predicted molar refractivity (Wildman–Crippen MR) is 68.7 cm³/mol. The van der Waals surface area contributed by atoms with Crippen LogP contribution < -0.4 is 5.56 Å². The number of hydrogen-bond acceptors (Lipinski definition) is 3. The van der Waals surface area contributed by atoms with Gasteiger partial charge in [0.15, 0.2) is 0 Å². The topological polar surface area (TPSA) is 66.1 Å². The summed E-state index contributed by atoms with van der Waals surface area (Å²) in [7, 11) is 0. The summed E-state index contributed by atoms with van der Waals surface area (Å²) in [5, 5.41) is 0. The molecule has 98 valence electrons. The van der Waals surface area contributed by atoms with Crippen LogP contribution >= 0.6 is 0 Å². The number of nitrogens with one attached hydrogen (secondary N) is 1. The summed E-state index contributed by atoms with van der Waals surface area (Å²) in [6.07, 6.45) is 4.35. The molecule has 0 aliphatic carbocycles. The zero-order chi connectivity index (χ0) is 13.1. The molecule has 1 saturated heterocycles. The lowest BCUT2D eigenvalue weighted by molar-refractivity contribution is 0.0758. The molecular weight excluding hydrogens is 230 g/mol. The van der Waals surface area contributed by atoms with E-state index in [4.69, 9.17) is 0 Å². The van der Waals surface area contributed by atoms with Crippen molar-refractivity contribution in [3.05, 3.63) is 27.4 Å². The molecule has 1 aliphatic rings. The lowest BCUT2D eigenvalue weighted by Crippen LogP contribution is -2.36. The Kier molecular flexibility index (Phi) is 3.79. The predicted octanol–water partition coefficient (Wildman–Crippen LogP) is 1.40. The summed E-state index contributed by atoms with van der Waals surface area (Å²) in [6.45, 7) is 4.92. The maximum Gasteiger partial charge on any atom is 0.264 e. The molecule has 18 heavy (non-hydrogen) atoms. The summed E-state index contributed by atoms with van der Waals surface area (Å²) in [5.41, 5.74) is 0.391. The SMILES string of the molecule is Cc1nc(C)c(C(=O)N2CCCCCC2)c(=O)[nH]1. The van der Waals surface area contributed by atoms with Gasteiger partial charge in [-0.2, -0.15) is 0 Å². The highest BCUT2D eigenvalue weighted by atomic mass is 16.2. The number of amides is 1. The molecule has 2 heterocycles. The molecule has 0 unspecified atom stereocenters. The van der Waals surface area contributed by atoms with Crippen LogP contribution in [0, 0.1) is 13.8 Å². The second-order valence-electron chi connectivity index (χ2n) is 4.82. The van der Waals surface area contributed by atoms with E-state index in [2.05, 4.69) is 9.97 Å². The Labute approximate surface area is 106 Å². The van der Waals surface area contributed by atoms with E-state index >= 15 is 0 Å². The molecule has 0 saturated carbocycles. The van der Waals surface area contributed by atoms with E-state index in [1.54, 1.807) is 18.7 Å². The van der Waals surface area contributed by atoms with E-state index in [0.717, 1.165) is 38.8 Å². The van der Waals surface area contributed by atoms with E-state index < -0.39 is 0 Å². The number of aromatic amines is 1. The molecule has 2 rings (SSSR count). The Morgan fingerprint density at radius 3 is 2.33 bits per heavy atom. The number of rotatable bonds is 1. The average Bonchev–Trinajstić information content (AvgIpc) is 2.55. The zero-order valence-corrected chi connectivity index (χ0v) is 11.0. The van der Waals surface area contributed by atoms with E-state index in [0.29, 0.717) is 11.5 Å². The average molecular weight is 249 g/mol. The molecule has 5 heteroatoms. The summed E-state index contributed by atoms with van der Waals surface area (Å²) in [4.78, 5) is 32.8. The number of carbonyl (C=O) groups is 1. The lowest BCUT2D eigenvalue weighted by atomic mass is 10.2. The largest absolute Gasteiger partial charge is 0.338 e. The molecule has 0 spiro atoms. The van der Waals surface area contributed by atoms with Crippen molar-refractivity contribution in [1.29, 1.82) is 0 Å².